The van der Waals surface area contributed by atoms with Gasteiger partial charge in [-0.15, -0.1) is 0 Å². The number of hydrazine groups is 1. The first-order valence-electron chi connectivity index (χ1n) is 4.90. The molecule has 2 aromatic rings. The van der Waals surface area contributed by atoms with E-state index in [1.165, 1.54) is 6.07 Å². The van der Waals surface area contributed by atoms with Crippen LogP contribution in [0.3, 0.4) is 0 Å². The number of nitrogens with zero attached hydrogens (tertiary/aromatic N) is 2. The van der Waals surface area contributed by atoms with E-state index in [-0.39, 0.29) is 5.82 Å². The van der Waals surface area contributed by atoms with E-state index in [2.05, 4.69) is 31.3 Å². The molecule has 88 valence electrons. The second-order valence-electron chi connectivity index (χ2n) is 3.37. The van der Waals surface area contributed by atoms with Crippen molar-refractivity contribution in [3.8, 4) is 0 Å². The van der Waals surface area contributed by atoms with Gasteiger partial charge in [0.1, 0.15) is 5.82 Å². The Hall–Kier alpha value is -1.37. The molecule has 0 aliphatic rings. The topological polar surface area (TPSA) is 63.8 Å². The van der Waals surface area contributed by atoms with Gasteiger partial charge in [-0.1, -0.05) is 12.1 Å². The highest BCUT2D eigenvalue weighted by Gasteiger charge is 2.18. The third kappa shape index (κ3) is 2.49. The second kappa shape index (κ2) is 5.31. The van der Waals surface area contributed by atoms with E-state index in [1.807, 2.05) is 0 Å². The molecule has 1 unspecified atom stereocenters. The first-order valence-corrected chi connectivity index (χ1v) is 5.69. The number of nitrogens with two attached hydrogens (primary N) is 1. The summed E-state index contributed by atoms with van der Waals surface area (Å²) in [5.41, 5.74) is 3.90. The summed E-state index contributed by atoms with van der Waals surface area (Å²) in [5, 5.41) is 0. The average Bonchev–Trinajstić information content (AvgIpc) is 2.37. The molecule has 0 amide bonds. The third-order valence-corrected chi connectivity index (χ3v) is 3.17. The zero-order chi connectivity index (χ0) is 12.3. The predicted molar refractivity (Wildman–Crippen MR) is 65.3 cm³/mol. The highest BCUT2D eigenvalue weighted by molar-refractivity contribution is 9.10. The minimum atomic E-state index is -0.409. The highest BCUT2D eigenvalue weighted by atomic mass is 79.9. The van der Waals surface area contributed by atoms with Crippen LogP contribution in [0.2, 0.25) is 0 Å². The summed E-state index contributed by atoms with van der Waals surface area (Å²) >= 11 is 3.20. The molecule has 1 aromatic heterocycles. The lowest BCUT2D eigenvalue weighted by atomic mass is 10.0. The summed E-state index contributed by atoms with van der Waals surface area (Å²) in [6.07, 6.45) is 4.71. The Morgan fingerprint density at radius 1 is 1.35 bits per heavy atom. The zero-order valence-corrected chi connectivity index (χ0v) is 10.4. The van der Waals surface area contributed by atoms with Gasteiger partial charge in [0.05, 0.1) is 22.4 Å². The van der Waals surface area contributed by atoms with Crippen LogP contribution in [0.25, 0.3) is 0 Å². The zero-order valence-electron chi connectivity index (χ0n) is 8.77. The van der Waals surface area contributed by atoms with E-state index in [0.29, 0.717) is 15.7 Å². The standard InChI is InChI=1S/C11H10BrFN4/c12-10-7(2-1-3-8(10)13)11(17-14)9-6-15-4-5-16-9/h1-6,11,17H,14H2. The molecule has 0 saturated heterocycles. The molecule has 0 aliphatic heterocycles. The molecule has 0 aliphatic carbocycles. The summed E-state index contributed by atoms with van der Waals surface area (Å²) in [6, 6.07) is 4.36. The van der Waals surface area contributed by atoms with Crippen molar-refractivity contribution in [1.29, 1.82) is 0 Å². The van der Waals surface area contributed by atoms with E-state index >= 15 is 0 Å². The minimum absolute atomic E-state index is 0.341. The van der Waals surface area contributed by atoms with Crippen LogP contribution < -0.4 is 11.3 Å². The lowest BCUT2D eigenvalue weighted by molar-refractivity contribution is 0.589. The van der Waals surface area contributed by atoms with Gasteiger partial charge in [0.15, 0.2) is 0 Å². The predicted octanol–water partition coefficient (Wildman–Crippen LogP) is 1.93. The van der Waals surface area contributed by atoms with Gasteiger partial charge in [0, 0.05) is 12.4 Å². The van der Waals surface area contributed by atoms with Crippen molar-refractivity contribution in [2.45, 2.75) is 6.04 Å². The molecule has 1 aromatic carbocycles. The summed E-state index contributed by atoms with van der Waals surface area (Å²) in [5.74, 6) is 5.15. The number of rotatable bonds is 3. The molecule has 0 saturated carbocycles. The van der Waals surface area contributed by atoms with Gasteiger partial charge in [0.2, 0.25) is 0 Å². The average molecular weight is 297 g/mol. The molecule has 0 radical (unpaired) electrons. The van der Waals surface area contributed by atoms with Gasteiger partial charge >= 0.3 is 0 Å². The Morgan fingerprint density at radius 3 is 2.82 bits per heavy atom. The number of nitrogens with one attached hydrogen (secondary N) is 1. The molecule has 17 heavy (non-hydrogen) atoms. The minimum Gasteiger partial charge on any atom is -0.271 e. The van der Waals surface area contributed by atoms with Crippen molar-refractivity contribution >= 4 is 15.9 Å². The van der Waals surface area contributed by atoms with Gasteiger partial charge in [-0.25, -0.2) is 9.82 Å². The smallest absolute Gasteiger partial charge is 0.137 e. The number of hydrogen-bond acceptors (Lipinski definition) is 4. The van der Waals surface area contributed by atoms with Crippen molar-refractivity contribution in [2.24, 2.45) is 5.84 Å². The second-order valence-corrected chi connectivity index (χ2v) is 4.17. The molecule has 1 heterocycles. The molecule has 4 nitrogen and oxygen atoms in total. The third-order valence-electron chi connectivity index (χ3n) is 2.34. The maximum Gasteiger partial charge on any atom is 0.137 e. The molecular formula is C11H10BrFN4. The largest absolute Gasteiger partial charge is 0.271 e. The van der Waals surface area contributed by atoms with E-state index in [4.69, 9.17) is 5.84 Å². The fraction of sp³-hybridized carbons (Fsp3) is 0.0909. The van der Waals surface area contributed by atoms with Crippen LogP contribution in [-0.2, 0) is 0 Å². The maximum absolute atomic E-state index is 13.4. The first kappa shape index (κ1) is 12.1. The molecule has 0 bridgehead atoms. The summed E-state index contributed by atoms with van der Waals surface area (Å²) in [6.45, 7) is 0. The van der Waals surface area contributed by atoms with E-state index < -0.39 is 6.04 Å². The Bertz CT molecular complexity index is 506. The van der Waals surface area contributed by atoms with Crippen LogP contribution in [0.5, 0.6) is 0 Å². The fourth-order valence-corrected chi connectivity index (χ4v) is 2.03. The number of aromatic nitrogens is 2. The van der Waals surface area contributed by atoms with Crippen molar-refractivity contribution in [3.63, 3.8) is 0 Å². The van der Waals surface area contributed by atoms with Gasteiger partial charge in [-0.05, 0) is 27.6 Å². The van der Waals surface area contributed by atoms with Gasteiger partial charge in [-0.3, -0.25) is 15.8 Å². The van der Waals surface area contributed by atoms with Crippen LogP contribution in [0, 0.1) is 5.82 Å². The van der Waals surface area contributed by atoms with Gasteiger partial charge in [-0.2, -0.15) is 0 Å². The number of halogens is 2. The monoisotopic (exact) mass is 296 g/mol. The van der Waals surface area contributed by atoms with Crippen molar-refractivity contribution in [2.75, 3.05) is 0 Å². The molecule has 6 heteroatoms. The van der Waals surface area contributed by atoms with Crippen molar-refractivity contribution in [1.82, 2.24) is 15.4 Å². The van der Waals surface area contributed by atoms with Crippen LogP contribution in [0.1, 0.15) is 17.3 Å². The van der Waals surface area contributed by atoms with Crippen molar-refractivity contribution in [3.05, 3.63) is 58.3 Å². The Balaban J connectivity index is 2.46. The normalized spacial score (nSPS) is 12.4. The van der Waals surface area contributed by atoms with E-state index in [1.54, 1.807) is 30.7 Å². The van der Waals surface area contributed by atoms with Crippen LogP contribution in [0.4, 0.5) is 4.39 Å². The van der Waals surface area contributed by atoms with Crippen LogP contribution in [-0.4, -0.2) is 9.97 Å². The number of hydrogen-bond donors (Lipinski definition) is 2. The molecule has 1 atom stereocenters. The quantitative estimate of drug-likeness (QED) is 0.671. The maximum atomic E-state index is 13.4. The van der Waals surface area contributed by atoms with Crippen molar-refractivity contribution < 1.29 is 4.39 Å². The highest BCUT2D eigenvalue weighted by Crippen LogP contribution is 2.28. The van der Waals surface area contributed by atoms with Crippen LogP contribution >= 0.6 is 15.9 Å². The molecule has 2 rings (SSSR count). The SMILES string of the molecule is NNC(c1cnccn1)c1cccc(F)c1Br. The fourth-order valence-electron chi connectivity index (χ4n) is 1.54. The van der Waals surface area contributed by atoms with Gasteiger partial charge in [0.25, 0.3) is 0 Å². The lowest BCUT2D eigenvalue weighted by Gasteiger charge is -2.17. The molecule has 0 fully saturated rings. The summed E-state index contributed by atoms with van der Waals surface area (Å²) in [7, 11) is 0. The summed E-state index contributed by atoms with van der Waals surface area (Å²) < 4.78 is 13.8. The number of benzene rings is 1. The summed E-state index contributed by atoms with van der Waals surface area (Å²) in [4.78, 5) is 8.11. The molecule has 3 N–H and O–H groups in total. The Kier molecular flexibility index (Phi) is 3.78. The first-order chi connectivity index (χ1) is 8.24. The molecule has 0 spiro atoms. The van der Waals surface area contributed by atoms with E-state index in [0.717, 1.165) is 0 Å². The van der Waals surface area contributed by atoms with Gasteiger partial charge < -0.3 is 0 Å². The van der Waals surface area contributed by atoms with Crippen LogP contribution in [0.15, 0.2) is 41.3 Å². The Morgan fingerprint density at radius 2 is 2.18 bits per heavy atom. The molecular weight excluding hydrogens is 287 g/mol. The Labute approximate surface area is 106 Å². The van der Waals surface area contributed by atoms with E-state index in [9.17, 15) is 4.39 Å². The lowest BCUT2D eigenvalue weighted by Crippen LogP contribution is -2.30.